The van der Waals surface area contributed by atoms with Crippen LogP contribution in [-0.2, 0) is 4.79 Å². The van der Waals surface area contributed by atoms with Crippen LogP contribution in [0.5, 0.6) is 0 Å². The summed E-state index contributed by atoms with van der Waals surface area (Å²) >= 11 is 0. The van der Waals surface area contributed by atoms with E-state index in [-0.39, 0.29) is 12.5 Å². The number of hydrogen-bond acceptors (Lipinski definition) is 3. The van der Waals surface area contributed by atoms with Gasteiger partial charge in [-0.2, -0.15) is 0 Å². The molecule has 0 bridgehead atoms. The summed E-state index contributed by atoms with van der Waals surface area (Å²) in [5.74, 6) is -0.0257. The van der Waals surface area contributed by atoms with Crippen molar-refractivity contribution < 1.29 is 15.0 Å². The summed E-state index contributed by atoms with van der Waals surface area (Å²) in [7, 11) is 0. The number of hydrogen-bond donors (Lipinski definition) is 3. The van der Waals surface area contributed by atoms with Gasteiger partial charge in [-0.05, 0) is 44.9 Å². The van der Waals surface area contributed by atoms with Gasteiger partial charge in [0, 0.05) is 6.42 Å². The Bertz CT molecular complexity index is 916. The van der Waals surface area contributed by atoms with Gasteiger partial charge in [-0.25, -0.2) is 0 Å². The number of aliphatic hydroxyl groups is 2. The third-order valence-electron chi connectivity index (χ3n) is 13.7. The molecular weight excluding hydrogens is 771 g/mol. The minimum Gasteiger partial charge on any atom is -0.394 e. The normalized spacial score (nSPS) is 12.9. The third-order valence-corrected chi connectivity index (χ3v) is 13.7. The van der Waals surface area contributed by atoms with Crippen molar-refractivity contribution in [1.82, 2.24) is 5.32 Å². The Labute approximate surface area is 396 Å². The molecule has 0 aliphatic heterocycles. The zero-order valence-electron chi connectivity index (χ0n) is 43.1. The highest BCUT2D eigenvalue weighted by molar-refractivity contribution is 5.76. The Morgan fingerprint density at radius 1 is 0.381 bits per heavy atom. The fourth-order valence-corrected chi connectivity index (χ4v) is 9.28. The molecule has 1 amide bonds. The highest BCUT2D eigenvalue weighted by Gasteiger charge is 2.20. The van der Waals surface area contributed by atoms with Crippen molar-refractivity contribution >= 4 is 5.91 Å². The van der Waals surface area contributed by atoms with Crippen LogP contribution in [0.25, 0.3) is 0 Å². The largest absolute Gasteiger partial charge is 0.394 e. The van der Waals surface area contributed by atoms with Gasteiger partial charge in [-0.15, -0.1) is 0 Å². The molecule has 0 heterocycles. The lowest BCUT2D eigenvalue weighted by molar-refractivity contribution is -0.123. The SMILES string of the molecule is CCCCCCC/C=C\C/C=C\CCCCCCCCCCCCCCCCCC(=O)NC(CO)C(O)CCCCCCCCCCCCCCCCCCCCCCCCCC. The molecule has 0 aliphatic rings. The molecule has 0 aliphatic carbocycles. The van der Waals surface area contributed by atoms with Crippen LogP contribution in [0, 0.1) is 0 Å². The molecule has 2 unspecified atom stereocenters. The van der Waals surface area contributed by atoms with Gasteiger partial charge in [0.05, 0.1) is 18.8 Å². The van der Waals surface area contributed by atoms with Crippen LogP contribution in [0.4, 0.5) is 0 Å². The summed E-state index contributed by atoms with van der Waals surface area (Å²) in [5, 5.41) is 23.4. The van der Waals surface area contributed by atoms with Crippen molar-refractivity contribution in [3.8, 4) is 0 Å². The molecule has 0 aromatic heterocycles. The van der Waals surface area contributed by atoms with Gasteiger partial charge in [0.2, 0.25) is 5.91 Å². The molecule has 374 valence electrons. The maximum Gasteiger partial charge on any atom is 0.220 e. The van der Waals surface area contributed by atoms with Crippen LogP contribution in [0.3, 0.4) is 0 Å². The quantitative estimate of drug-likeness (QED) is 0.0421. The monoisotopic (exact) mass is 886 g/mol. The van der Waals surface area contributed by atoms with Crippen LogP contribution in [0.15, 0.2) is 24.3 Å². The van der Waals surface area contributed by atoms with E-state index < -0.39 is 12.1 Å². The fourth-order valence-electron chi connectivity index (χ4n) is 9.28. The summed E-state index contributed by atoms with van der Waals surface area (Å²) in [5.41, 5.74) is 0. The van der Waals surface area contributed by atoms with Gasteiger partial charge >= 0.3 is 0 Å². The highest BCUT2D eigenvalue weighted by Crippen LogP contribution is 2.18. The molecule has 2 atom stereocenters. The predicted octanol–water partition coefficient (Wildman–Crippen LogP) is 19.1. The maximum absolute atomic E-state index is 12.5. The second-order valence-electron chi connectivity index (χ2n) is 20.1. The molecule has 0 fully saturated rings. The van der Waals surface area contributed by atoms with E-state index in [0.29, 0.717) is 12.8 Å². The van der Waals surface area contributed by atoms with Gasteiger partial charge in [0.25, 0.3) is 0 Å². The number of carbonyl (C=O) groups excluding carboxylic acids is 1. The number of rotatable bonds is 54. The molecular formula is C59H115NO3. The van der Waals surface area contributed by atoms with E-state index in [1.165, 1.54) is 270 Å². The van der Waals surface area contributed by atoms with E-state index in [1.807, 2.05) is 0 Å². The zero-order chi connectivity index (χ0) is 45.6. The summed E-state index contributed by atoms with van der Waals surface area (Å²) in [6.45, 7) is 4.39. The number of amides is 1. The zero-order valence-corrected chi connectivity index (χ0v) is 43.1. The van der Waals surface area contributed by atoms with Crippen LogP contribution in [0.1, 0.15) is 328 Å². The van der Waals surface area contributed by atoms with Gasteiger partial charge < -0.3 is 15.5 Å². The number of nitrogens with one attached hydrogen (secondary N) is 1. The molecule has 0 saturated heterocycles. The molecule has 0 saturated carbocycles. The first-order valence-corrected chi connectivity index (χ1v) is 29.0. The maximum atomic E-state index is 12.5. The van der Waals surface area contributed by atoms with Crippen LogP contribution in [-0.4, -0.2) is 34.9 Å². The number of carbonyl (C=O) groups is 1. The molecule has 0 rings (SSSR count). The minimum absolute atomic E-state index is 0.0257. The van der Waals surface area contributed by atoms with Crippen molar-refractivity contribution in [2.45, 2.75) is 341 Å². The first-order valence-electron chi connectivity index (χ1n) is 29.0. The Kier molecular flexibility index (Phi) is 54.2. The van der Waals surface area contributed by atoms with Crippen molar-refractivity contribution in [2.75, 3.05) is 6.61 Å². The predicted molar refractivity (Wildman–Crippen MR) is 281 cm³/mol. The summed E-state index contributed by atoms with van der Waals surface area (Å²) < 4.78 is 0. The van der Waals surface area contributed by atoms with E-state index in [1.54, 1.807) is 0 Å². The molecule has 4 nitrogen and oxygen atoms in total. The van der Waals surface area contributed by atoms with E-state index >= 15 is 0 Å². The Balaban J connectivity index is 3.43. The van der Waals surface area contributed by atoms with Crippen molar-refractivity contribution in [1.29, 1.82) is 0 Å². The highest BCUT2D eigenvalue weighted by atomic mass is 16.3. The number of unbranched alkanes of at least 4 members (excludes halogenated alkanes) is 43. The standard InChI is InChI=1S/C59H115NO3/c1-3-5-7-9-11-13-15-17-19-21-23-25-27-29-30-31-33-35-37-39-41-43-45-47-49-51-53-55-59(63)60-57(56-61)58(62)54-52-50-48-46-44-42-40-38-36-34-32-28-26-24-22-20-18-16-14-12-10-8-6-4-2/h15,17,21,23,57-58,61-62H,3-14,16,18-20,22,24-56H2,1-2H3,(H,60,63)/b17-15-,23-21-. The topological polar surface area (TPSA) is 69.6 Å². The Morgan fingerprint density at radius 3 is 0.952 bits per heavy atom. The number of allylic oxidation sites excluding steroid dienone is 4. The fraction of sp³-hybridized carbons (Fsp3) is 0.915. The van der Waals surface area contributed by atoms with Crippen LogP contribution in [0.2, 0.25) is 0 Å². The lowest BCUT2D eigenvalue weighted by Crippen LogP contribution is -2.45. The van der Waals surface area contributed by atoms with Gasteiger partial charge in [-0.3, -0.25) is 4.79 Å². The van der Waals surface area contributed by atoms with Crippen molar-refractivity contribution in [3.63, 3.8) is 0 Å². The Morgan fingerprint density at radius 2 is 0.651 bits per heavy atom. The first kappa shape index (κ1) is 61.9. The molecule has 0 spiro atoms. The summed E-state index contributed by atoms with van der Waals surface area (Å²) in [6, 6.07) is -0.535. The van der Waals surface area contributed by atoms with Crippen LogP contribution < -0.4 is 5.32 Å². The van der Waals surface area contributed by atoms with Crippen LogP contribution >= 0.6 is 0 Å². The molecule has 4 heteroatoms. The van der Waals surface area contributed by atoms with E-state index in [4.69, 9.17) is 0 Å². The average molecular weight is 887 g/mol. The number of aliphatic hydroxyl groups excluding tert-OH is 2. The van der Waals surface area contributed by atoms with E-state index in [0.717, 1.165) is 32.1 Å². The van der Waals surface area contributed by atoms with Gasteiger partial charge in [0.1, 0.15) is 0 Å². The second kappa shape index (κ2) is 55.2. The lowest BCUT2D eigenvalue weighted by atomic mass is 10.0. The van der Waals surface area contributed by atoms with Gasteiger partial charge in [-0.1, -0.05) is 301 Å². The van der Waals surface area contributed by atoms with E-state index in [2.05, 4.69) is 43.5 Å². The molecule has 0 radical (unpaired) electrons. The lowest BCUT2D eigenvalue weighted by Gasteiger charge is -2.22. The average Bonchev–Trinajstić information content (AvgIpc) is 3.29. The van der Waals surface area contributed by atoms with Gasteiger partial charge in [0.15, 0.2) is 0 Å². The smallest absolute Gasteiger partial charge is 0.220 e. The van der Waals surface area contributed by atoms with Crippen molar-refractivity contribution in [2.24, 2.45) is 0 Å². The Hall–Kier alpha value is -1.13. The van der Waals surface area contributed by atoms with E-state index in [9.17, 15) is 15.0 Å². The summed E-state index contributed by atoms with van der Waals surface area (Å²) in [6.07, 6.45) is 73.1. The second-order valence-corrected chi connectivity index (χ2v) is 20.1. The van der Waals surface area contributed by atoms with Crippen molar-refractivity contribution in [3.05, 3.63) is 24.3 Å². The minimum atomic E-state index is -0.659. The third kappa shape index (κ3) is 51.7. The molecule has 0 aromatic carbocycles. The molecule has 63 heavy (non-hydrogen) atoms. The molecule has 0 aromatic rings. The molecule has 3 N–H and O–H groups in total. The first-order chi connectivity index (χ1) is 31.2. The summed E-state index contributed by atoms with van der Waals surface area (Å²) in [4.78, 5) is 12.5.